The Balaban J connectivity index is 0.913. The van der Waals surface area contributed by atoms with Gasteiger partial charge >= 0.3 is 5.69 Å². The Bertz CT molecular complexity index is 1780. The minimum Gasteiger partial charge on any atom is -0.491 e. The fourth-order valence-corrected chi connectivity index (χ4v) is 6.14. The van der Waals surface area contributed by atoms with Crippen LogP contribution in [-0.2, 0) is 21.8 Å². The average Bonchev–Trinajstić information content (AvgIpc) is 3.89. The zero-order valence-corrected chi connectivity index (χ0v) is 26.8. The van der Waals surface area contributed by atoms with Crippen LogP contribution in [0.3, 0.4) is 0 Å². The van der Waals surface area contributed by atoms with Crippen molar-refractivity contribution in [3.05, 3.63) is 114 Å². The highest BCUT2D eigenvalue weighted by Gasteiger charge is 2.44. The molecule has 0 aliphatic carbocycles. The lowest BCUT2D eigenvalue weighted by Crippen LogP contribution is -2.46. The Hall–Kier alpha value is -4.94. The van der Waals surface area contributed by atoms with Gasteiger partial charge in [-0.1, -0.05) is 37.3 Å². The van der Waals surface area contributed by atoms with Crippen LogP contribution >= 0.6 is 0 Å². The molecule has 244 valence electrons. The SMILES string of the molecule is CCC(C)n1cnn(-c2ccc(N3CCN(c4ccc(OC[C@@H]5CO[C@@](Cn6nccn6)(c6ccccc6)O5)cc4)CC3)cc2)c1=O. The smallest absolute Gasteiger partial charge is 0.350 e. The summed E-state index contributed by atoms with van der Waals surface area (Å²) in [4.78, 5) is 19.1. The minimum absolute atomic E-state index is 0.109. The summed E-state index contributed by atoms with van der Waals surface area (Å²) < 4.78 is 22.0. The van der Waals surface area contributed by atoms with Crippen LogP contribution in [0, 0.1) is 0 Å². The quantitative estimate of drug-likeness (QED) is 0.210. The molecule has 2 aromatic heterocycles. The minimum atomic E-state index is -0.973. The van der Waals surface area contributed by atoms with Crippen molar-refractivity contribution < 1.29 is 14.2 Å². The molecule has 0 saturated carbocycles. The molecule has 3 aromatic carbocycles. The number of hydrogen-bond acceptors (Lipinski definition) is 9. The maximum Gasteiger partial charge on any atom is 0.350 e. The van der Waals surface area contributed by atoms with Gasteiger partial charge in [-0.3, -0.25) is 4.57 Å². The monoisotopic (exact) mass is 636 g/mol. The molecule has 1 unspecified atom stereocenters. The first kappa shape index (κ1) is 30.7. The van der Waals surface area contributed by atoms with Crippen molar-refractivity contribution in [1.29, 1.82) is 0 Å². The standard InChI is InChI=1S/C35H40N8O4/c1-3-27(2)41-26-38-43(34(41)44)31-11-9-29(10-12-31)39-19-21-40(22-20-39)30-13-15-32(16-14-30)45-23-33-24-46-35(47-33,25-42-36-17-18-37-42)28-7-5-4-6-8-28/h4-18,26-27,33H,3,19-25H2,1-2H3/t27?,33-,35-/m1/s1. The second kappa shape index (κ2) is 13.4. The van der Waals surface area contributed by atoms with Crippen LogP contribution < -0.4 is 20.2 Å². The molecule has 12 heteroatoms. The summed E-state index contributed by atoms with van der Waals surface area (Å²) in [5, 5.41) is 12.8. The van der Waals surface area contributed by atoms with E-state index in [-0.39, 0.29) is 17.8 Å². The molecule has 0 bridgehead atoms. The second-order valence-electron chi connectivity index (χ2n) is 12.0. The lowest BCUT2D eigenvalue weighted by molar-refractivity contribution is -0.192. The van der Waals surface area contributed by atoms with E-state index in [9.17, 15) is 4.79 Å². The molecular weight excluding hydrogens is 596 g/mol. The summed E-state index contributed by atoms with van der Waals surface area (Å²) in [7, 11) is 0. The van der Waals surface area contributed by atoms with Gasteiger partial charge in [0.05, 0.1) is 24.7 Å². The Kier molecular flexibility index (Phi) is 8.77. The van der Waals surface area contributed by atoms with E-state index in [0.717, 1.165) is 55.3 Å². The van der Waals surface area contributed by atoms with Gasteiger partial charge < -0.3 is 24.0 Å². The van der Waals surface area contributed by atoms with Crippen LogP contribution in [0.25, 0.3) is 5.69 Å². The topological polar surface area (TPSA) is 105 Å². The second-order valence-corrected chi connectivity index (χ2v) is 12.0. The van der Waals surface area contributed by atoms with Gasteiger partial charge in [0.15, 0.2) is 0 Å². The maximum absolute atomic E-state index is 12.8. The van der Waals surface area contributed by atoms with Gasteiger partial charge in [-0.25, -0.2) is 4.79 Å². The van der Waals surface area contributed by atoms with Crippen molar-refractivity contribution in [3.8, 4) is 11.4 Å². The number of anilines is 2. The van der Waals surface area contributed by atoms with E-state index in [0.29, 0.717) is 19.8 Å². The van der Waals surface area contributed by atoms with E-state index in [2.05, 4.69) is 56.3 Å². The molecule has 0 amide bonds. The number of rotatable bonds is 11. The van der Waals surface area contributed by atoms with Crippen molar-refractivity contribution in [1.82, 2.24) is 29.3 Å². The Morgan fingerprint density at radius 1 is 0.851 bits per heavy atom. The fraction of sp³-hybridized carbons (Fsp3) is 0.371. The molecule has 0 spiro atoms. The lowest BCUT2D eigenvalue weighted by Gasteiger charge is -2.37. The van der Waals surface area contributed by atoms with Gasteiger partial charge in [0, 0.05) is 49.2 Å². The van der Waals surface area contributed by atoms with Crippen LogP contribution in [0.2, 0.25) is 0 Å². The first-order chi connectivity index (χ1) is 23.0. The van der Waals surface area contributed by atoms with E-state index in [1.54, 1.807) is 28.1 Å². The van der Waals surface area contributed by atoms with Crippen molar-refractivity contribution in [2.24, 2.45) is 0 Å². The molecule has 2 fully saturated rings. The third kappa shape index (κ3) is 6.51. The predicted octanol–water partition coefficient (Wildman–Crippen LogP) is 4.27. The Morgan fingerprint density at radius 3 is 2.11 bits per heavy atom. The summed E-state index contributed by atoms with van der Waals surface area (Å²) in [6.45, 7) is 8.82. The van der Waals surface area contributed by atoms with E-state index in [1.165, 1.54) is 10.4 Å². The molecule has 0 radical (unpaired) electrons. The molecule has 47 heavy (non-hydrogen) atoms. The zero-order chi connectivity index (χ0) is 32.2. The highest BCUT2D eigenvalue weighted by Crippen LogP contribution is 2.36. The van der Waals surface area contributed by atoms with Crippen molar-refractivity contribution in [2.45, 2.75) is 44.7 Å². The third-order valence-corrected chi connectivity index (χ3v) is 9.03. The largest absolute Gasteiger partial charge is 0.491 e. The van der Waals surface area contributed by atoms with Gasteiger partial charge in [0.2, 0.25) is 5.79 Å². The summed E-state index contributed by atoms with van der Waals surface area (Å²) >= 11 is 0. The van der Waals surface area contributed by atoms with E-state index in [4.69, 9.17) is 14.2 Å². The first-order valence-electron chi connectivity index (χ1n) is 16.2. The van der Waals surface area contributed by atoms with Crippen LogP contribution in [0.5, 0.6) is 5.75 Å². The van der Waals surface area contributed by atoms with Gasteiger partial charge in [0.25, 0.3) is 0 Å². The predicted molar refractivity (Wildman–Crippen MR) is 178 cm³/mol. The molecule has 4 heterocycles. The molecule has 0 N–H and O–H groups in total. The fourth-order valence-electron chi connectivity index (χ4n) is 6.14. The number of ether oxygens (including phenoxy) is 3. The van der Waals surface area contributed by atoms with Gasteiger partial charge in [-0.05, 0) is 61.9 Å². The summed E-state index contributed by atoms with van der Waals surface area (Å²) in [5.74, 6) is -0.186. The lowest BCUT2D eigenvalue weighted by atomic mass is 10.1. The van der Waals surface area contributed by atoms with Gasteiger partial charge in [-0.2, -0.15) is 24.8 Å². The van der Waals surface area contributed by atoms with Gasteiger partial charge in [-0.15, -0.1) is 0 Å². The third-order valence-electron chi connectivity index (χ3n) is 9.03. The first-order valence-corrected chi connectivity index (χ1v) is 16.2. The number of aromatic nitrogens is 6. The van der Waals surface area contributed by atoms with Gasteiger partial charge in [0.1, 0.15) is 31.3 Å². The molecule has 2 aliphatic rings. The summed E-state index contributed by atoms with van der Waals surface area (Å²) in [6, 6.07) is 26.4. The molecular formula is C35H40N8O4. The molecule has 7 rings (SSSR count). The maximum atomic E-state index is 12.8. The summed E-state index contributed by atoms with van der Waals surface area (Å²) in [5.41, 5.74) is 3.89. The van der Waals surface area contributed by atoms with Crippen molar-refractivity contribution in [3.63, 3.8) is 0 Å². The molecule has 5 aromatic rings. The number of nitrogens with zero attached hydrogens (tertiary/aromatic N) is 8. The highest BCUT2D eigenvalue weighted by molar-refractivity contribution is 5.54. The van der Waals surface area contributed by atoms with Crippen LogP contribution in [0.4, 0.5) is 11.4 Å². The number of benzene rings is 3. The zero-order valence-electron chi connectivity index (χ0n) is 26.8. The van der Waals surface area contributed by atoms with E-state index in [1.807, 2.05) is 61.5 Å². The van der Waals surface area contributed by atoms with Crippen LogP contribution in [-0.4, -0.2) is 74.8 Å². The van der Waals surface area contributed by atoms with Crippen molar-refractivity contribution in [2.75, 3.05) is 49.2 Å². The Morgan fingerprint density at radius 2 is 1.47 bits per heavy atom. The number of hydrogen-bond donors (Lipinski definition) is 0. The average molecular weight is 637 g/mol. The summed E-state index contributed by atoms with van der Waals surface area (Å²) in [6.07, 6.45) is 5.56. The van der Waals surface area contributed by atoms with Crippen LogP contribution in [0.15, 0.2) is 102 Å². The van der Waals surface area contributed by atoms with E-state index >= 15 is 0 Å². The molecule has 2 aliphatic heterocycles. The molecule has 2 saturated heterocycles. The van der Waals surface area contributed by atoms with Crippen molar-refractivity contribution >= 4 is 11.4 Å². The number of piperazine rings is 1. The molecule has 12 nitrogen and oxygen atoms in total. The molecule has 3 atom stereocenters. The highest BCUT2D eigenvalue weighted by atomic mass is 16.8. The van der Waals surface area contributed by atoms with E-state index < -0.39 is 5.79 Å². The Labute approximate surface area is 273 Å². The van der Waals surface area contributed by atoms with Crippen LogP contribution in [0.1, 0.15) is 31.9 Å². The normalized spacial score (nSPS) is 20.4.